The van der Waals surface area contributed by atoms with Crippen molar-refractivity contribution in [1.82, 2.24) is 0 Å². The second-order valence-corrected chi connectivity index (χ2v) is 7.60. The van der Waals surface area contributed by atoms with Crippen LogP contribution < -0.4 is 0 Å². The van der Waals surface area contributed by atoms with Crippen LogP contribution >= 0.6 is 0 Å². The smallest absolute Gasteiger partial charge is 0.303 e. The number of hydrogen-bond acceptors (Lipinski definition) is 3. The summed E-state index contributed by atoms with van der Waals surface area (Å²) in [6, 6.07) is 0. The molecular formula is C21H42O4. The Morgan fingerprint density at radius 3 is 1.64 bits per heavy atom. The molecule has 0 aromatic carbocycles. The maximum absolute atomic E-state index is 10.6. The summed E-state index contributed by atoms with van der Waals surface area (Å²) in [5.41, 5.74) is 0. The number of unbranched alkanes of at least 4 members (excludes halogenated alkanes) is 10. The number of carboxylic acids is 1. The van der Waals surface area contributed by atoms with Crippen LogP contribution in [0.3, 0.4) is 0 Å². The lowest BCUT2D eigenvalue weighted by atomic mass is 9.87. The largest absolute Gasteiger partial charge is 0.481 e. The summed E-state index contributed by atoms with van der Waals surface area (Å²) in [6.07, 6.45) is 14.9. The summed E-state index contributed by atoms with van der Waals surface area (Å²) in [5.74, 6) is -0.676. The predicted molar refractivity (Wildman–Crippen MR) is 104 cm³/mol. The average Bonchev–Trinajstić information content (AvgIpc) is 2.57. The van der Waals surface area contributed by atoms with Gasteiger partial charge in [-0.2, -0.15) is 0 Å². The second-order valence-electron chi connectivity index (χ2n) is 7.60. The van der Waals surface area contributed by atoms with E-state index in [2.05, 4.69) is 6.92 Å². The van der Waals surface area contributed by atoms with Crippen molar-refractivity contribution in [2.24, 2.45) is 5.92 Å². The Bertz CT molecular complexity index is 304. The maximum Gasteiger partial charge on any atom is 0.303 e. The van der Waals surface area contributed by atoms with Crippen molar-refractivity contribution < 1.29 is 20.1 Å². The van der Waals surface area contributed by atoms with Gasteiger partial charge >= 0.3 is 5.97 Å². The van der Waals surface area contributed by atoms with E-state index in [0.717, 1.165) is 25.7 Å². The van der Waals surface area contributed by atoms with Crippen LogP contribution in [0.1, 0.15) is 110 Å². The number of rotatable bonds is 18. The zero-order chi connectivity index (χ0) is 18.9. The van der Waals surface area contributed by atoms with Crippen LogP contribution in [0.5, 0.6) is 0 Å². The summed E-state index contributed by atoms with van der Waals surface area (Å²) in [5, 5.41) is 28.5. The van der Waals surface area contributed by atoms with Crippen LogP contribution in [0.15, 0.2) is 0 Å². The molecule has 0 amide bonds. The minimum atomic E-state index is -0.762. The second kappa shape index (κ2) is 16.8. The zero-order valence-corrected chi connectivity index (χ0v) is 16.6. The van der Waals surface area contributed by atoms with E-state index in [-0.39, 0.29) is 12.3 Å². The Labute approximate surface area is 155 Å². The maximum atomic E-state index is 10.6. The summed E-state index contributed by atoms with van der Waals surface area (Å²) in [4.78, 5) is 10.6. The fourth-order valence-electron chi connectivity index (χ4n) is 3.46. The number of carboxylic acid groups (broad SMARTS) is 1. The van der Waals surface area contributed by atoms with Gasteiger partial charge in [0.05, 0.1) is 12.2 Å². The zero-order valence-electron chi connectivity index (χ0n) is 16.6. The van der Waals surface area contributed by atoms with E-state index in [1.54, 1.807) is 6.92 Å². The molecule has 0 aliphatic rings. The first-order valence-electron chi connectivity index (χ1n) is 10.6. The van der Waals surface area contributed by atoms with Gasteiger partial charge in [0.15, 0.2) is 0 Å². The van der Waals surface area contributed by atoms with Crippen molar-refractivity contribution >= 4 is 5.97 Å². The number of aliphatic hydroxyl groups excluding tert-OH is 2. The molecule has 0 radical (unpaired) electrons. The molecule has 0 aliphatic carbocycles. The Hall–Kier alpha value is -0.610. The number of hydrogen-bond donors (Lipinski definition) is 3. The molecule has 3 unspecified atom stereocenters. The molecule has 0 aromatic rings. The molecule has 0 heterocycles. The molecular weight excluding hydrogens is 316 g/mol. The summed E-state index contributed by atoms with van der Waals surface area (Å²) in [6.45, 7) is 3.88. The van der Waals surface area contributed by atoms with Gasteiger partial charge in [0.2, 0.25) is 0 Å². The van der Waals surface area contributed by atoms with Crippen LogP contribution in [0.4, 0.5) is 0 Å². The lowest BCUT2D eigenvalue weighted by molar-refractivity contribution is -0.137. The molecule has 25 heavy (non-hydrogen) atoms. The Morgan fingerprint density at radius 2 is 1.20 bits per heavy atom. The highest BCUT2D eigenvalue weighted by molar-refractivity contribution is 5.66. The molecule has 3 N–H and O–H groups in total. The van der Waals surface area contributed by atoms with Gasteiger partial charge in [-0.3, -0.25) is 4.79 Å². The molecule has 0 aromatic heterocycles. The van der Waals surface area contributed by atoms with Crippen molar-refractivity contribution in [1.29, 1.82) is 0 Å². The first-order valence-corrected chi connectivity index (χ1v) is 10.6. The van der Waals surface area contributed by atoms with Crippen molar-refractivity contribution in [2.75, 3.05) is 0 Å². The Balaban J connectivity index is 3.78. The SMILES string of the molecule is CCCCCCCCCCCCC(CCCCC(=O)O)C(O)C(C)O. The van der Waals surface area contributed by atoms with Crippen molar-refractivity contribution in [3.8, 4) is 0 Å². The molecule has 0 fully saturated rings. The van der Waals surface area contributed by atoms with Crippen molar-refractivity contribution in [3.63, 3.8) is 0 Å². The Kier molecular flexibility index (Phi) is 16.4. The first-order chi connectivity index (χ1) is 12.0. The minimum Gasteiger partial charge on any atom is -0.481 e. The van der Waals surface area contributed by atoms with E-state index in [4.69, 9.17) is 5.11 Å². The molecule has 0 spiro atoms. The van der Waals surface area contributed by atoms with Gasteiger partial charge in [-0.15, -0.1) is 0 Å². The van der Waals surface area contributed by atoms with Crippen molar-refractivity contribution in [3.05, 3.63) is 0 Å². The number of aliphatic hydroxyl groups is 2. The highest BCUT2D eigenvalue weighted by Gasteiger charge is 2.22. The van der Waals surface area contributed by atoms with Crippen LogP contribution in [-0.4, -0.2) is 33.5 Å². The Morgan fingerprint density at radius 1 is 0.760 bits per heavy atom. The van der Waals surface area contributed by atoms with E-state index in [1.807, 2.05) is 0 Å². The third-order valence-corrected chi connectivity index (χ3v) is 5.12. The van der Waals surface area contributed by atoms with Crippen LogP contribution in [0.2, 0.25) is 0 Å². The highest BCUT2D eigenvalue weighted by Crippen LogP contribution is 2.23. The average molecular weight is 359 g/mol. The number of aliphatic carboxylic acids is 1. The molecule has 0 aliphatic heterocycles. The molecule has 0 bridgehead atoms. The molecule has 4 heteroatoms. The van der Waals surface area contributed by atoms with Crippen molar-refractivity contribution in [2.45, 2.75) is 122 Å². The molecule has 0 rings (SSSR count). The molecule has 0 saturated carbocycles. The standard InChI is InChI=1S/C21H42O4/c1-3-4-5-6-7-8-9-10-11-12-15-19(21(25)18(2)22)16-13-14-17-20(23)24/h18-19,21-22,25H,3-17H2,1-2H3,(H,23,24). The van der Waals surface area contributed by atoms with E-state index >= 15 is 0 Å². The van der Waals surface area contributed by atoms with Gasteiger partial charge in [-0.1, -0.05) is 77.6 Å². The van der Waals surface area contributed by atoms with Crippen LogP contribution in [-0.2, 0) is 4.79 Å². The summed E-state index contributed by atoms with van der Waals surface area (Å²) in [7, 11) is 0. The van der Waals surface area contributed by atoms with Gasteiger partial charge < -0.3 is 15.3 Å². The van der Waals surface area contributed by atoms with E-state index < -0.39 is 18.2 Å². The van der Waals surface area contributed by atoms with Crippen LogP contribution in [0.25, 0.3) is 0 Å². The van der Waals surface area contributed by atoms with Gasteiger partial charge in [0.1, 0.15) is 0 Å². The monoisotopic (exact) mass is 358 g/mol. The molecule has 3 atom stereocenters. The van der Waals surface area contributed by atoms with Crippen LogP contribution in [0, 0.1) is 5.92 Å². The fourth-order valence-corrected chi connectivity index (χ4v) is 3.46. The molecule has 4 nitrogen and oxygen atoms in total. The molecule has 0 saturated heterocycles. The van der Waals surface area contributed by atoms with Gasteiger partial charge in [0.25, 0.3) is 0 Å². The third kappa shape index (κ3) is 15.4. The van der Waals surface area contributed by atoms with Gasteiger partial charge in [-0.25, -0.2) is 0 Å². The summed E-state index contributed by atoms with van der Waals surface area (Å²) >= 11 is 0. The highest BCUT2D eigenvalue weighted by atomic mass is 16.4. The lowest BCUT2D eigenvalue weighted by Gasteiger charge is -2.25. The quantitative estimate of drug-likeness (QED) is 0.291. The summed E-state index contributed by atoms with van der Waals surface area (Å²) < 4.78 is 0. The third-order valence-electron chi connectivity index (χ3n) is 5.12. The topological polar surface area (TPSA) is 77.8 Å². The first kappa shape index (κ1) is 24.4. The molecule has 150 valence electrons. The fraction of sp³-hybridized carbons (Fsp3) is 0.952. The van der Waals surface area contributed by atoms with E-state index in [0.29, 0.717) is 6.42 Å². The van der Waals surface area contributed by atoms with Gasteiger partial charge in [0, 0.05) is 6.42 Å². The number of carbonyl (C=O) groups is 1. The minimum absolute atomic E-state index is 0.0860. The van der Waals surface area contributed by atoms with Gasteiger partial charge in [-0.05, 0) is 32.1 Å². The normalized spacial score (nSPS) is 15.0. The predicted octanol–water partition coefficient (Wildman–Crippen LogP) is 5.30. The lowest BCUT2D eigenvalue weighted by Crippen LogP contribution is -2.31. The van der Waals surface area contributed by atoms with E-state index in [1.165, 1.54) is 57.8 Å². The van der Waals surface area contributed by atoms with E-state index in [9.17, 15) is 15.0 Å².